The molecular weight excluding hydrogens is 399 g/mol. The van der Waals surface area contributed by atoms with Crippen molar-refractivity contribution in [1.29, 1.82) is 0 Å². The summed E-state index contributed by atoms with van der Waals surface area (Å²) >= 11 is 15.8. The molecule has 1 saturated heterocycles. The van der Waals surface area contributed by atoms with Crippen LogP contribution >= 0.6 is 39.1 Å². The third kappa shape index (κ3) is 3.82. The number of carbonyl (C=O) groups is 1. The molecule has 3 nitrogen and oxygen atoms in total. The summed E-state index contributed by atoms with van der Waals surface area (Å²) in [6, 6.07) is 10.8. The molecule has 1 aliphatic heterocycles. The average molecular weight is 414 g/mol. The van der Waals surface area contributed by atoms with Crippen molar-refractivity contribution >= 4 is 56.4 Å². The van der Waals surface area contributed by atoms with E-state index in [1.54, 1.807) is 24.3 Å². The molecule has 3 rings (SSSR count). The van der Waals surface area contributed by atoms with E-state index < -0.39 is 0 Å². The highest BCUT2D eigenvalue weighted by Gasteiger charge is 2.16. The predicted octanol–water partition coefficient (Wildman–Crippen LogP) is 5.61. The van der Waals surface area contributed by atoms with Gasteiger partial charge in [-0.2, -0.15) is 0 Å². The second-order valence-corrected chi connectivity index (χ2v) is 7.17. The van der Waals surface area contributed by atoms with Crippen LogP contribution in [0.4, 0.5) is 11.4 Å². The van der Waals surface area contributed by atoms with Gasteiger partial charge in [-0.25, -0.2) is 0 Å². The lowest BCUT2D eigenvalue weighted by Gasteiger charge is -2.19. The van der Waals surface area contributed by atoms with Gasteiger partial charge in [-0.3, -0.25) is 4.79 Å². The summed E-state index contributed by atoms with van der Waals surface area (Å²) in [5, 5.41) is 3.89. The first-order chi connectivity index (χ1) is 11.0. The van der Waals surface area contributed by atoms with E-state index in [-0.39, 0.29) is 5.91 Å². The molecule has 1 aliphatic rings. The van der Waals surface area contributed by atoms with Crippen molar-refractivity contribution in [3.8, 4) is 0 Å². The quantitative estimate of drug-likeness (QED) is 0.709. The molecule has 0 aromatic heterocycles. The number of amides is 1. The monoisotopic (exact) mass is 412 g/mol. The fourth-order valence-corrected chi connectivity index (χ4v) is 3.53. The van der Waals surface area contributed by atoms with Crippen molar-refractivity contribution in [2.45, 2.75) is 12.8 Å². The van der Waals surface area contributed by atoms with E-state index in [0.717, 1.165) is 23.2 Å². The molecular formula is C17H15BrCl2N2O. The maximum absolute atomic E-state index is 12.4. The van der Waals surface area contributed by atoms with E-state index in [1.165, 1.54) is 12.8 Å². The van der Waals surface area contributed by atoms with Gasteiger partial charge in [0.1, 0.15) is 0 Å². The first-order valence-electron chi connectivity index (χ1n) is 7.35. The molecule has 0 aliphatic carbocycles. The highest BCUT2D eigenvalue weighted by Crippen LogP contribution is 2.31. The molecule has 2 aromatic carbocycles. The zero-order valence-electron chi connectivity index (χ0n) is 12.3. The molecule has 0 spiro atoms. The van der Waals surface area contributed by atoms with Crippen molar-refractivity contribution in [3.05, 3.63) is 56.5 Å². The predicted molar refractivity (Wildman–Crippen MR) is 100 cm³/mol. The number of nitrogens with zero attached hydrogens (tertiary/aromatic N) is 1. The van der Waals surface area contributed by atoms with Crippen LogP contribution in [0, 0.1) is 0 Å². The SMILES string of the molecule is O=C(Nc1ccc(N2CCCC2)c(Cl)c1)c1cc(Br)ccc1Cl. The number of hydrogen-bond donors (Lipinski definition) is 1. The molecule has 1 heterocycles. The van der Waals surface area contributed by atoms with Gasteiger partial charge in [-0.15, -0.1) is 0 Å². The van der Waals surface area contributed by atoms with Crippen LogP contribution in [0.2, 0.25) is 10.0 Å². The van der Waals surface area contributed by atoms with E-state index in [4.69, 9.17) is 23.2 Å². The second kappa shape index (κ2) is 7.12. The molecule has 0 saturated carbocycles. The van der Waals surface area contributed by atoms with Crippen molar-refractivity contribution in [2.24, 2.45) is 0 Å². The van der Waals surface area contributed by atoms with Crippen LogP contribution in [0.15, 0.2) is 40.9 Å². The number of hydrogen-bond acceptors (Lipinski definition) is 2. The second-order valence-electron chi connectivity index (χ2n) is 5.44. The Morgan fingerprint density at radius 3 is 2.48 bits per heavy atom. The highest BCUT2D eigenvalue weighted by atomic mass is 79.9. The van der Waals surface area contributed by atoms with Crippen LogP contribution in [0.1, 0.15) is 23.2 Å². The maximum Gasteiger partial charge on any atom is 0.257 e. The van der Waals surface area contributed by atoms with Crippen molar-refractivity contribution in [1.82, 2.24) is 0 Å². The Balaban J connectivity index is 1.78. The van der Waals surface area contributed by atoms with Crippen LogP contribution in [0.3, 0.4) is 0 Å². The van der Waals surface area contributed by atoms with Crippen molar-refractivity contribution < 1.29 is 4.79 Å². The van der Waals surface area contributed by atoms with Crippen LogP contribution in [-0.2, 0) is 0 Å². The maximum atomic E-state index is 12.4. The highest BCUT2D eigenvalue weighted by molar-refractivity contribution is 9.10. The van der Waals surface area contributed by atoms with E-state index in [9.17, 15) is 4.79 Å². The molecule has 1 N–H and O–H groups in total. The number of carbonyl (C=O) groups excluding carboxylic acids is 1. The Morgan fingerprint density at radius 2 is 1.78 bits per heavy atom. The third-order valence-electron chi connectivity index (χ3n) is 3.83. The minimum Gasteiger partial charge on any atom is -0.370 e. The molecule has 0 unspecified atom stereocenters. The number of halogens is 3. The molecule has 0 atom stereocenters. The summed E-state index contributed by atoms with van der Waals surface area (Å²) in [4.78, 5) is 14.6. The standard InChI is InChI=1S/C17H15BrCl2N2O/c18-11-3-5-14(19)13(9-11)17(23)21-12-4-6-16(15(20)10-12)22-7-1-2-8-22/h3-6,9-10H,1-2,7-8H2,(H,21,23). The molecule has 0 bridgehead atoms. The smallest absolute Gasteiger partial charge is 0.257 e. The Morgan fingerprint density at radius 1 is 1.04 bits per heavy atom. The van der Waals surface area contributed by atoms with Crippen LogP contribution in [0.5, 0.6) is 0 Å². The third-order valence-corrected chi connectivity index (χ3v) is 4.95. The minimum atomic E-state index is -0.263. The van der Waals surface area contributed by atoms with Gasteiger partial charge in [-0.05, 0) is 49.2 Å². The van der Waals surface area contributed by atoms with Gasteiger partial charge in [0.15, 0.2) is 0 Å². The summed E-state index contributed by atoms with van der Waals surface area (Å²) in [6.07, 6.45) is 2.38. The minimum absolute atomic E-state index is 0.263. The summed E-state index contributed by atoms with van der Waals surface area (Å²) in [5.41, 5.74) is 2.09. The summed E-state index contributed by atoms with van der Waals surface area (Å²) in [5.74, 6) is -0.263. The van der Waals surface area contributed by atoms with Gasteiger partial charge in [0.2, 0.25) is 0 Å². The molecule has 0 radical (unpaired) electrons. The lowest BCUT2D eigenvalue weighted by molar-refractivity contribution is 0.102. The summed E-state index contributed by atoms with van der Waals surface area (Å²) < 4.78 is 0.800. The Hall–Kier alpha value is -1.23. The van der Waals surface area contributed by atoms with Gasteiger partial charge in [0.05, 0.1) is 21.3 Å². The lowest BCUT2D eigenvalue weighted by atomic mass is 10.2. The largest absolute Gasteiger partial charge is 0.370 e. The average Bonchev–Trinajstić information content (AvgIpc) is 3.04. The Kier molecular flexibility index (Phi) is 5.14. The van der Waals surface area contributed by atoms with E-state index in [2.05, 4.69) is 26.1 Å². The Bertz CT molecular complexity index is 745. The zero-order valence-corrected chi connectivity index (χ0v) is 15.4. The molecule has 2 aromatic rings. The van der Waals surface area contributed by atoms with E-state index >= 15 is 0 Å². The summed E-state index contributed by atoms with van der Waals surface area (Å²) in [6.45, 7) is 2.05. The van der Waals surface area contributed by atoms with E-state index in [1.807, 2.05) is 12.1 Å². The topological polar surface area (TPSA) is 32.3 Å². The molecule has 23 heavy (non-hydrogen) atoms. The molecule has 1 amide bonds. The zero-order chi connectivity index (χ0) is 16.4. The first-order valence-corrected chi connectivity index (χ1v) is 8.90. The van der Waals surface area contributed by atoms with Crippen molar-refractivity contribution in [3.63, 3.8) is 0 Å². The normalized spacial score (nSPS) is 14.1. The van der Waals surface area contributed by atoms with Crippen molar-refractivity contribution in [2.75, 3.05) is 23.3 Å². The molecule has 1 fully saturated rings. The fourth-order valence-electron chi connectivity index (χ4n) is 2.67. The Labute approximate surface area is 153 Å². The number of benzene rings is 2. The number of anilines is 2. The lowest BCUT2D eigenvalue weighted by Crippen LogP contribution is -2.18. The number of nitrogens with one attached hydrogen (secondary N) is 1. The van der Waals surface area contributed by atoms with Crippen LogP contribution in [0.25, 0.3) is 0 Å². The van der Waals surface area contributed by atoms with Gasteiger partial charge >= 0.3 is 0 Å². The summed E-state index contributed by atoms with van der Waals surface area (Å²) in [7, 11) is 0. The fraction of sp³-hybridized carbons (Fsp3) is 0.235. The first kappa shape index (κ1) is 16.6. The van der Waals surface area contributed by atoms with Gasteiger partial charge in [0.25, 0.3) is 5.91 Å². The van der Waals surface area contributed by atoms with Crippen LogP contribution < -0.4 is 10.2 Å². The molecule has 120 valence electrons. The number of rotatable bonds is 3. The van der Waals surface area contributed by atoms with Gasteiger partial charge in [0, 0.05) is 23.2 Å². The van der Waals surface area contributed by atoms with Gasteiger partial charge in [-0.1, -0.05) is 39.1 Å². The van der Waals surface area contributed by atoms with E-state index in [0.29, 0.717) is 21.3 Å². The van der Waals surface area contributed by atoms with Crippen LogP contribution in [-0.4, -0.2) is 19.0 Å². The van der Waals surface area contributed by atoms with Gasteiger partial charge < -0.3 is 10.2 Å². The molecule has 6 heteroatoms.